The number of nitrogen functional groups attached to an aromatic ring is 1. The number of aromatic nitrogens is 3. The van der Waals surface area contributed by atoms with Gasteiger partial charge in [-0.2, -0.15) is 5.10 Å². The van der Waals surface area contributed by atoms with Crippen LogP contribution in [-0.2, 0) is 11.3 Å². The molecule has 122 valence electrons. The lowest BCUT2D eigenvalue weighted by molar-refractivity contribution is -0.143. The number of carbonyl (C=O) groups is 1. The first kappa shape index (κ1) is 15.5. The molecule has 1 saturated carbocycles. The molecular formula is C17H22N4O2. The van der Waals surface area contributed by atoms with Gasteiger partial charge in [-0.25, -0.2) is 0 Å². The Bertz CT molecular complexity index is 685. The first-order chi connectivity index (χ1) is 11.0. The van der Waals surface area contributed by atoms with Crippen LogP contribution in [0.2, 0.25) is 0 Å². The van der Waals surface area contributed by atoms with Gasteiger partial charge < -0.3 is 10.8 Å². The molecule has 3 rings (SSSR count). The van der Waals surface area contributed by atoms with E-state index in [2.05, 4.69) is 10.1 Å². The largest absolute Gasteiger partial charge is 0.481 e. The quantitative estimate of drug-likeness (QED) is 0.905. The molecule has 6 heteroatoms. The molecule has 2 aromatic rings. The fraction of sp³-hybridized carbons (Fsp3) is 0.471. The molecule has 3 N–H and O–H groups in total. The van der Waals surface area contributed by atoms with Crippen molar-refractivity contribution >= 4 is 11.7 Å². The number of nitrogens with zero attached hydrogens (tertiary/aromatic N) is 3. The highest BCUT2D eigenvalue weighted by Crippen LogP contribution is 2.30. The summed E-state index contributed by atoms with van der Waals surface area (Å²) in [6.45, 7) is 2.77. The van der Waals surface area contributed by atoms with Gasteiger partial charge >= 0.3 is 5.97 Å². The van der Waals surface area contributed by atoms with Gasteiger partial charge in [0.15, 0.2) is 0 Å². The van der Waals surface area contributed by atoms with Gasteiger partial charge in [0.05, 0.1) is 17.3 Å². The summed E-state index contributed by atoms with van der Waals surface area (Å²) in [4.78, 5) is 15.4. The lowest BCUT2D eigenvalue weighted by Gasteiger charge is -2.25. The van der Waals surface area contributed by atoms with Crippen LogP contribution in [0.1, 0.15) is 31.2 Å². The molecule has 1 aliphatic carbocycles. The van der Waals surface area contributed by atoms with Crippen molar-refractivity contribution in [3.63, 3.8) is 0 Å². The van der Waals surface area contributed by atoms with E-state index in [-0.39, 0.29) is 5.92 Å². The minimum absolute atomic E-state index is 0.179. The Morgan fingerprint density at radius 1 is 1.35 bits per heavy atom. The zero-order chi connectivity index (χ0) is 16.4. The fourth-order valence-electron chi connectivity index (χ4n) is 3.19. The normalized spacial score (nSPS) is 21.3. The minimum Gasteiger partial charge on any atom is -0.481 e. The van der Waals surface area contributed by atoms with E-state index in [4.69, 9.17) is 10.8 Å². The molecule has 0 aromatic carbocycles. The van der Waals surface area contributed by atoms with Crippen molar-refractivity contribution in [1.82, 2.24) is 14.8 Å². The summed E-state index contributed by atoms with van der Waals surface area (Å²) in [5.74, 6) is -0.385. The van der Waals surface area contributed by atoms with E-state index in [9.17, 15) is 4.79 Å². The van der Waals surface area contributed by atoms with E-state index in [0.29, 0.717) is 17.3 Å². The highest BCUT2D eigenvalue weighted by atomic mass is 16.4. The highest BCUT2D eigenvalue weighted by Gasteiger charge is 2.26. The maximum Gasteiger partial charge on any atom is 0.306 e. The number of hydrogen-bond donors (Lipinski definition) is 2. The smallest absolute Gasteiger partial charge is 0.306 e. The summed E-state index contributed by atoms with van der Waals surface area (Å²) >= 11 is 0. The predicted octanol–water partition coefficient (Wildman–Crippen LogP) is 2.73. The van der Waals surface area contributed by atoms with Crippen LogP contribution in [0.25, 0.3) is 11.4 Å². The zero-order valence-corrected chi connectivity index (χ0v) is 13.3. The Labute approximate surface area is 135 Å². The van der Waals surface area contributed by atoms with Crippen molar-refractivity contribution in [3.05, 3.63) is 30.1 Å². The second-order valence-corrected chi connectivity index (χ2v) is 6.43. The lowest BCUT2D eigenvalue weighted by atomic mass is 9.82. The van der Waals surface area contributed by atoms with Crippen molar-refractivity contribution in [2.45, 2.75) is 39.2 Å². The molecule has 0 atom stereocenters. The van der Waals surface area contributed by atoms with Gasteiger partial charge in [0.2, 0.25) is 0 Å². The molecule has 23 heavy (non-hydrogen) atoms. The third-order valence-electron chi connectivity index (χ3n) is 4.59. The number of carboxylic acid groups (broad SMARTS) is 1. The molecule has 2 aromatic heterocycles. The summed E-state index contributed by atoms with van der Waals surface area (Å²) in [6, 6.07) is 3.92. The van der Waals surface area contributed by atoms with Gasteiger partial charge in [-0.15, -0.1) is 0 Å². The summed E-state index contributed by atoms with van der Waals surface area (Å²) in [5.41, 5.74) is 9.29. The van der Waals surface area contributed by atoms with E-state index in [0.717, 1.165) is 43.5 Å². The monoisotopic (exact) mass is 314 g/mol. The second-order valence-electron chi connectivity index (χ2n) is 6.43. The summed E-state index contributed by atoms with van der Waals surface area (Å²) in [5, 5.41) is 13.6. The maximum absolute atomic E-state index is 11.0. The number of aryl methyl sites for hydroxylation is 1. The maximum atomic E-state index is 11.0. The van der Waals surface area contributed by atoms with Crippen LogP contribution in [0.3, 0.4) is 0 Å². The van der Waals surface area contributed by atoms with Crippen molar-refractivity contribution in [1.29, 1.82) is 0 Å². The third kappa shape index (κ3) is 3.52. The number of aliphatic carboxylic acids is 1. The van der Waals surface area contributed by atoms with Crippen LogP contribution in [-0.4, -0.2) is 25.8 Å². The Hall–Kier alpha value is -2.37. The number of pyridine rings is 1. The number of carboxylic acids is 1. The van der Waals surface area contributed by atoms with Gasteiger partial charge in [-0.1, -0.05) is 6.07 Å². The standard InChI is InChI=1S/C17H22N4O2/c1-11-2-7-15(19-8-11)16-14(18)10-21(20-16)9-12-3-5-13(6-4-12)17(22)23/h2,7-8,10,12-13H,3-6,9,18H2,1H3,(H,22,23). The van der Waals surface area contributed by atoms with Crippen molar-refractivity contribution < 1.29 is 9.90 Å². The molecule has 0 spiro atoms. The molecule has 0 unspecified atom stereocenters. The Morgan fingerprint density at radius 3 is 2.70 bits per heavy atom. The first-order valence-electron chi connectivity index (χ1n) is 8.01. The number of hydrogen-bond acceptors (Lipinski definition) is 4. The van der Waals surface area contributed by atoms with Gasteiger partial charge in [0.25, 0.3) is 0 Å². The molecular weight excluding hydrogens is 292 g/mol. The Balaban J connectivity index is 1.67. The van der Waals surface area contributed by atoms with E-state index >= 15 is 0 Å². The van der Waals surface area contributed by atoms with E-state index in [1.165, 1.54) is 0 Å². The SMILES string of the molecule is Cc1ccc(-c2nn(CC3CCC(C(=O)O)CC3)cc2N)nc1. The Kier molecular flexibility index (Phi) is 4.32. The molecule has 0 radical (unpaired) electrons. The van der Waals surface area contributed by atoms with E-state index in [1.54, 1.807) is 6.20 Å². The van der Waals surface area contributed by atoms with Crippen molar-refractivity contribution in [3.8, 4) is 11.4 Å². The first-order valence-corrected chi connectivity index (χ1v) is 8.01. The molecule has 6 nitrogen and oxygen atoms in total. The van der Waals surface area contributed by atoms with E-state index < -0.39 is 5.97 Å². The zero-order valence-electron chi connectivity index (χ0n) is 13.3. The fourth-order valence-corrected chi connectivity index (χ4v) is 3.19. The highest BCUT2D eigenvalue weighted by molar-refractivity contribution is 5.70. The van der Waals surface area contributed by atoms with Gasteiger partial charge in [0.1, 0.15) is 5.69 Å². The average Bonchev–Trinajstić information content (AvgIpc) is 2.89. The van der Waals surface area contributed by atoms with Gasteiger partial charge in [0, 0.05) is 18.9 Å². The Morgan fingerprint density at radius 2 is 2.09 bits per heavy atom. The molecule has 2 heterocycles. The third-order valence-corrected chi connectivity index (χ3v) is 4.59. The minimum atomic E-state index is -0.667. The van der Waals surface area contributed by atoms with Gasteiger partial charge in [-0.3, -0.25) is 14.5 Å². The number of anilines is 1. The van der Waals surface area contributed by atoms with Crippen LogP contribution in [0.15, 0.2) is 24.5 Å². The van der Waals surface area contributed by atoms with Crippen LogP contribution >= 0.6 is 0 Å². The molecule has 0 bridgehead atoms. The molecule has 0 saturated heterocycles. The second kappa shape index (κ2) is 6.40. The van der Waals surface area contributed by atoms with Crippen LogP contribution in [0.4, 0.5) is 5.69 Å². The summed E-state index contributed by atoms with van der Waals surface area (Å²) in [7, 11) is 0. The molecule has 1 fully saturated rings. The van der Waals surface area contributed by atoms with E-state index in [1.807, 2.05) is 29.9 Å². The van der Waals surface area contributed by atoms with Crippen molar-refractivity contribution in [2.75, 3.05) is 5.73 Å². The van der Waals surface area contributed by atoms with Crippen molar-refractivity contribution in [2.24, 2.45) is 11.8 Å². The number of rotatable bonds is 4. The number of nitrogens with two attached hydrogens (primary N) is 1. The topological polar surface area (TPSA) is 94.0 Å². The molecule has 0 aliphatic heterocycles. The lowest BCUT2D eigenvalue weighted by Crippen LogP contribution is -2.24. The molecule has 1 aliphatic rings. The summed E-state index contributed by atoms with van der Waals surface area (Å²) in [6.07, 6.45) is 7.01. The van der Waals surface area contributed by atoms with Gasteiger partial charge in [-0.05, 0) is 50.2 Å². The van der Waals surface area contributed by atoms with Crippen LogP contribution in [0, 0.1) is 18.8 Å². The summed E-state index contributed by atoms with van der Waals surface area (Å²) < 4.78 is 1.87. The molecule has 0 amide bonds. The van der Waals surface area contributed by atoms with Crippen LogP contribution < -0.4 is 5.73 Å². The average molecular weight is 314 g/mol. The predicted molar refractivity (Wildman–Crippen MR) is 87.7 cm³/mol. The van der Waals surface area contributed by atoms with Crippen LogP contribution in [0.5, 0.6) is 0 Å².